The average molecular weight is 285 g/mol. The third-order valence-electron chi connectivity index (χ3n) is 3.04. The Morgan fingerprint density at radius 1 is 1.48 bits per heavy atom. The van der Waals surface area contributed by atoms with E-state index in [9.17, 15) is 4.79 Å². The van der Waals surface area contributed by atoms with E-state index in [1.54, 1.807) is 23.0 Å². The van der Waals surface area contributed by atoms with E-state index >= 15 is 0 Å². The van der Waals surface area contributed by atoms with Crippen molar-refractivity contribution in [1.29, 1.82) is 0 Å². The topological polar surface area (TPSA) is 85.3 Å². The Bertz CT molecular complexity index is 743. The van der Waals surface area contributed by atoms with Crippen molar-refractivity contribution in [2.24, 2.45) is 0 Å². The summed E-state index contributed by atoms with van der Waals surface area (Å²) < 4.78 is 7.03. The van der Waals surface area contributed by atoms with Gasteiger partial charge in [0.25, 0.3) is 5.78 Å². The molecular formula is C14H15N5O2. The van der Waals surface area contributed by atoms with Gasteiger partial charge in [-0.3, -0.25) is 4.79 Å². The minimum atomic E-state index is -0.193. The van der Waals surface area contributed by atoms with Gasteiger partial charge in [-0.1, -0.05) is 0 Å². The van der Waals surface area contributed by atoms with Crippen LogP contribution in [0.25, 0.3) is 5.78 Å². The number of nitrogens with one attached hydrogen (secondary N) is 1. The summed E-state index contributed by atoms with van der Waals surface area (Å²) in [5.74, 6) is 2.31. The average Bonchev–Trinajstić information content (AvgIpc) is 3.03. The molecule has 7 heteroatoms. The Hall–Kier alpha value is -2.70. The van der Waals surface area contributed by atoms with Crippen LogP contribution in [0.15, 0.2) is 35.0 Å². The molecule has 0 radical (unpaired) electrons. The van der Waals surface area contributed by atoms with Crippen molar-refractivity contribution in [3.05, 3.63) is 47.9 Å². The molecule has 3 aromatic rings. The van der Waals surface area contributed by atoms with E-state index in [1.165, 1.54) is 0 Å². The van der Waals surface area contributed by atoms with Crippen molar-refractivity contribution in [1.82, 2.24) is 24.9 Å². The van der Waals surface area contributed by atoms with Crippen LogP contribution in [0.1, 0.15) is 30.3 Å². The molecule has 0 fully saturated rings. The van der Waals surface area contributed by atoms with E-state index in [2.05, 4.69) is 20.4 Å². The lowest BCUT2D eigenvalue weighted by Gasteiger charge is -2.10. The number of rotatable bonds is 4. The Kier molecular flexibility index (Phi) is 3.39. The van der Waals surface area contributed by atoms with Gasteiger partial charge in [0.2, 0.25) is 5.91 Å². The monoisotopic (exact) mass is 285 g/mol. The summed E-state index contributed by atoms with van der Waals surface area (Å²) in [6, 6.07) is 5.29. The second-order valence-electron chi connectivity index (χ2n) is 4.81. The molecule has 21 heavy (non-hydrogen) atoms. The first kappa shape index (κ1) is 13.3. The van der Waals surface area contributed by atoms with E-state index in [1.807, 2.05) is 26.0 Å². The van der Waals surface area contributed by atoms with E-state index in [0.717, 1.165) is 11.5 Å². The highest BCUT2D eigenvalue weighted by Crippen LogP contribution is 2.15. The quantitative estimate of drug-likeness (QED) is 0.784. The van der Waals surface area contributed by atoms with Gasteiger partial charge < -0.3 is 9.73 Å². The summed E-state index contributed by atoms with van der Waals surface area (Å²) in [7, 11) is 0. The molecule has 108 valence electrons. The Labute approximate surface area is 121 Å². The molecule has 0 bridgehead atoms. The molecule has 3 rings (SSSR count). The van der Waals surface area contributed by atoms with Gasteiger partial charge in [0.1, 0.15) is 11.5 Å². The number of hydrogen-bond acceptors (Lipinski definition) is 5. The molecule has 0 aromatic carbocycles. The first-order chi connectivity index (χ1) is 10.1. The maximum Gasteiger partial charge on any atom is 0.252 e. The zero-order valence-electron chi connectivity index (χ0n) is 11.8. The molecule has 0 aliphatic carbocycles. The Morgan fingerprint density at radius 3 is 3.05 bits per heavy atom. The molecule has 0 saturated carbocycles. The number of hydrogen-bond donors (Lipinski definition) is 1. The van der Waals surface area contributed by atoms with Gasteiger partial charge in [-0.2, -0.15) is 4.98 Å². The van der Waals surface area contributed by atoms with Gasteiger partial charge in [-0.15, -0.1) is 5.10 Å². The van der Waals surface area contributed by atoms with E-state index in [0.29, 0.717) is 11.6 Å². The van der Waals surface area contributed by atoms with Crippen LogP contribution in [0.5, 0.6) is 0 Å². The second-order valence-corrected chi connectivity index (χ2v) is 4.81. The SMILES string of the molecule is Cc1ccc(C(C)NC(=O)Cc2nc3ncccn3n2)o1. The molecule has 0 saturated heterocycles. The zero-order chi connectivity index (χ0) is 14.8. The van der Waals surface area contributed by atoms with E-state index < -0.39 is 0 Å². The molecule has 0 aliphatic heterocycles. The van der Waals surface area contributed by atoms with E-state index in [4.69, 9.17) is 4.42 Å². The van der Waals surface area contributed by atoms with Gasteiger partial charge in [0.15, 0.2) is 5.82 Å². The highest BCUT2D eigenvalue weighted by Gasteiger charge is 2.15. The smallest absolute Gasteiger partial charge is 0.252 e. The lowest BCUT2D eigenvalue weighted by molar-refractivity contribution is -0.121. The van der Waals surface area contributed by atoms with Crippen LogP contribution in [-0.2, 0) is 11.2 Å². The van der Waals surface area contributed by atoms with Crippen molar-refractivity contribution < 1.29 is 9.21 Å². The highest BCUT2D eigenvalue weighted by atomic mass is 16.3. The molecule has 1 unspecified atom stereocenters. The summed E-state index contributed by atoms with van der Waals surface area (Å²) >= 11 is 0. The van der Waals surface area contributed by atoms with Crippen molar-refractivity contribution >= 4 is 11.7 Å². The first-order valence-electron chi connectivity index (χ1n) is 6.64. The number of carbonyl (C=O) groups excluding carboxylic acids is 1. The predicted molar refractivity (Wildman–Crippen MR) is 74.5 cm³/mol. The van der Waals surface area contributed by atoms with Crippen LogP contribution < -0.4 is 5.32 Å². The highest BCUT2D eigenvalue weighted by molar-refractivity contribution is 5.78. The lowest BCUT2D eigenvalue weighted by atomic mass is 10.2. The zero-order valence-corrected chi connectivity index (χ0v) is 11.8. The van der Waals surface area contributed by atoms with Gasteiger partial charge in [-0.05, 0) is 32.0 Å². The van der Waals surface area contributed by atoms with Gasteiger partial charge in [-0.25, -0.2) is 9.50 Å². The predicted octanol–water partition coefficient (Wildman–Crippen LogP) is 1.45. The minimum absolute atomic E-state index is 0.105. The fourth-order valence-corrected chi connectivity index (χ4v) is 2.04. The molecule has 1 N–H and O–H groups in total. The van der Waals surface area contributed by atoms with Crippen LogP contribution in [0.2, 0.25) is 0 Å². The molecule has 7 nitrogen and oxygen atoms in total. The van der Waals surface area contributed by atoms with Crippen molar-refractivity contribution in [3.63, 3.8) is 0 Å². The number of carbonyl (C=O) groups is 1. The minimum Gasteiger partial charge on any atom is -0.464 e. The number of furan rings is 1. The Balaban J connectivity index is 1.66. The van der Waals surface area contributed by atoms with Gasteiger partial charge in [0.05, 0.1) is 12.5 Å². The van der Waals surface area contributed by atoms with Crippen molar-refractivity contribution in [3.8, 4) is 0 Å². The van der Waals surface area contributed by atoms with Crippen LogP contribution in [0.3, 0.4) is 0 Å². The van der Waals surface area contributed by atoms with E-state index in [-0.39, 0.29) is 18.4 Å². The molecule has 3 aromatic heterocycles. The molecule has 0 spiro atoms. The first-order valence-corrected chi connectivity index (χ1v) is 6.64. The number of aryl methyl sites for hydroxylation is 1. The summed E-state index contributed by atoms with van der Waals surface area (Å²) in [6.07, 6.45) is 3.48. The van der Waals surface area contributed by atoms with Crippen LogP contribution in [0, 0.1) is 6.92 Å². The summed E-state index contributed by atoms with van der Waals surface area (Å²) in [6.45, 7) is 3.74. The second kappa shape index (κ2) is 5.35. The fourth-order valence-electron chi connectivity index (χ4n) is 2.04. The van der Waals surface area contributed by atoms with Crippen LogP contribution in [0.4, 0.5) is 0 Å². The fraction of sp³-hybridized carbons (Fsp3) is 0.286. The number of nitrogens with zero attached hydrogens (tertiary/aromatic N) is 4. The van der Waals surface area contributed by atoms with Crippen molar-refractivity contribution in [2.45, 2.75) is 26.3 Å². The molecular weight excluding hydrogens is 270 g/mol. The summed E-state index contributed by atoms with van der Waals surface area (Å²) in [5.41, 5.74) is 0. The maximum atomic E-state index is 12.0. The Morgan fingerprint density at radius 2 is 2.33 bits per heavy atom. The maximum absolute atomic E-state index is 12.0. The normalized spacial score (nSPS) is 12.5. The number of amides is 1. The lowest BCUT2D eigenvalue weighted by Crippen LogP contribution is -2.28. The molecule has 0 aliphatic rings. The largest absolute Gasteiger partial charge is 0.464 e. The third-order valence-corrected chi connectivity index (χ3v) is 3.04. The number of fused-ring (bicyclic) bond motifs is 1. The molecule has 1 atom stereocenters. The van der Waals surface area contributed by atoms with Gasteiger partial charge >= 0.3 is 0 Å². The summed E-state index contributed by atoms with van der Waals surface area (Å²) in [4.78, 5) is 20.3. The van der Waals surface area contributed by atoms with Crippen LogP contribution in [-0.4, -0.2) is 25.5 Å². The molecule has 3 heterocycles. The van der Waals surface area contributed by atoms with Crippen molar-refractivity contribution in [2.75, 3.05) is 0 Å². The summed E-state index contributed by atoms with van der Waals surface area (Å²) in [5, 5.41) is 7.06. The van der Waals surface area contributed by atoms with Gasteiger partial charge in [0, 0.05) is 12.4 Å². The standard InChI is InChI=1S/C14H15N5O2/c1-9-4-5-11(21-9)10(2)16-13(20)8-12-17-14-15-6-3-7-19(14)18-12/h3-7,10H,8H2,1-2H3,(H,16,20). The number of aromatic nitrogens is 4. The van der Waals surface area contributed by atoms with Crippen LogP contribution >= 0.6 is 0 Å². The third kappa shape index (κ3) is 2.91. The molecule has 1 amide bonds.